The molecule has 136 valence electrons. The highest BCUT2D eigenvalue weighted by Crippen LogP contribution is 2.35. The topological polar surface area (TPSA) is 73.5 Å². The van der Waals surface area contributed by atoms with E-state index in [0.29, 0.717) is 0 Å². The highest BCUT2D eigenvalue weighted by atomic mass is 15.3. The fraction of sp³-hybridized carbons (Fsp3) is 0.286. The second kappa shape index (κ2) is 6.87. The van der Waals surface area contributed by atoms with Gasteiger partial charge in [-0.25, -0.2) is 9.97 Å². The predicted molar refractivity (Wildman–Crippen MR) is 106 cm³/mol. The summed E-state index contributed by atoms with van der Waals surface area (Å²) in [6.07, 6.45) is 9.75. The van der Waals surface area contributed by atoms with Crippen LogP contribution < -0.4 is 4.90 Å². The molecule has 6 heteroatoms. The summed E-state index contributed by atoms with van der Waals surface area (Å²) in [7, 11) is 0. The van der Waals surface area contributed by atoms with E-state index in [-0.39, 0.29) is 6.04 Å². The number of nitrogens with one attached hydrogen (secondary N) is 2. The van der Waals surface area contributed by atoms with Crippen molar-refractivity contribution in [3.8, 4) is 0 Å². The van der Waals surface area contributed by atoms with E-state index in [0.717, 1.165) is 55.0 Å². The van der Waals surface area contributed by atoms with Gasteiger partial charge < -0.3 is 14.9 Å². The Balaban J connectivity index is 1.44. The smallest absolute Gasteiger partial charge is 0.203 e. The van der Waals surface area contributed by atoms with Crippen molar-refractivity contribution >= 4 is 17.0 Å². The predicted octanol–water partition coefficient (Wildman–Crippen LogP) is 3.81. The number of imidazole rings is 2. The number of pyridine rings is 1. The summed E-state index contributed by atoms with van der Waals surface area (Å²) in [5.74, 6) is 1.92. The zero-order chi connectivity index (χ0) is 18.1. The molecule has 3 heterocycles. The quantitative estimate of drug-likeness (QED) is 0.569. The molecule has 0 radical (unpaired) electrons. The van der Waals surface area contributed by atoms with Gasteiger partial charge in [0.2, 0.25) is 5.95 Å². The number of hydrogen-bond acceptors (Lipinski definition) is 4. The van der Waals surface area contributed by atoms with Gasteiger partial charge in [0.1, 0.15) is 5.82 Å². The maximum atomic E-state index is 4.73. The molecule has 4 aromatic rings. The van der Waals surface area contributed by atoms with Crippen molar-refractivity contribution in [3.05, 3.63) is 72.1 Å². The first-order chi connectivity index (χ1) is 13.4. The normalized spacial score (nSPS) is 16.4. The van der Waals surface area contributed by atoms with Crippen LogP contribution in [-0.2, 0) is 12.8 Å². The van der Waals surface area contributed by atoms with Gasteiger partial charge in [-0.2, -0.15) is 0 Å². The van der Waals surface area contributed by atoms with Crippen LogP contribution in [0, 0.1) is 0 Å². The fourth-order valence-corrected chi connectivity index (χ4v) is 4.08. The van der Waals surface area contributed by atoms with Crippen LogP contribution in [0.1, 0.15) is 36.0 Å². The summed E-state index contributed by atoms with van der Waals surface area (Å²) in [5, 5.41) is 0. The molecule has 0 spiro atoms. The van der Waals surface area contributed by atoms with Gasteiger partial charge in [-0.05, 0) is 43.0 Å². The number of para-hydroxylation sites is 2. The molecule has 0 saturated heterocycles. The van der Waals surface area contributed by atoms with Gasteiger partial charge in [0.05, 0.1) is 17.1 Å². The minimum absolute atomic E-state index is 0.290. The molecule has 0 aliphatic heterocycles. The van der Waals surface area contributed by atoms with Crippen LogP contribution in [0.2, 0.25) is 0 Å². The number of aromatic nitrogens is 5. The number of hydrogen-bond donors (Lipinski definition) is 2. The van der Waals surface area contributed by atoms with E-state index in [1.807, 2.05) is 42.9 Å². The fourth-order valence-electron chi connectivity index (χ4n) is 4.08. The van der Waals surface area contributed by atoms with E-state index in [1.54, 1.807) is 0 Å². The van der Waals surface area contributed by atoms with Crippen LogP contribution in [0.3, 0.4) is 0 Å². The number of aryl methyl sites for hydroxylation is 1. The number of anilines is 1. The SMILES string of the molecule is c1cnc2c(c1)C(N(CCc1nc3ccccc3[nH]1)c1ncc[nH]1)CCC2. The molecule has 27 heavy (non-hydrogen) atoms. The summed E-state index contributed by atoms with van der Waals surface area (Å²) in [6, 6.07) is 12.7. The molecule has 1 aliphatic carbocycles. The number of rotatable bonds is 5. The second-order valence-corrected chi connectivity index (χ2v) is 7.00. The van der Waals surface area contributed by atoms with Crippen LogP contribution >= 0.6 is 0 Å². The molecule has 1 aliphatic rings. The first-order valence-electron chi connectivity index (χ1n) is 9.52. The summed E-state index contributed by atoms with van der Waals surface area (Å²) in [5.41, 5.74) is 4.65. The van der Waals surface area contributed by atoms with Crippen molar-refractivity contribution in [2.45, 2.75) is 31.7 Å². The molecule has 3 aromatic heterocycles. The first kappa shape index (κ1) is 16.1. The van der Waals surface area contributed by atoms with E-state index < -0.39 is 0 Å². The standard InChI is InChI=1S/C21H22N6/c1-2-7-18-17(6-1)25-20(26-18)10-14-27(21-23-12-13-24-21)19-9-3-8-16-15(19)5-4-11-22-16/h1-2,4-7,11-13,19H,3,8-10,14H2,(H,23,24)(H,25,26). The highest BCUT2D eigenvalue weighted by Gasteiger charge is 2.28. The molecule has 1 atom stereocenters. The molecular formula is C21H22N6. The lowest BCUT2D eigenvalue weighted by atomic mass is 9.90. The maximum absolute atomic E-state index is 4.73. The van der Waals surface area contributed by atoms with Crippen molar-refractivity contribution in [2.24, 2.45) is 0 Å². The average Bonchev–Trinajstić information content (AvgIpc) is 3.38. The molecular weight excluding hydrogens is 336 g/mol. The lowest BCUT2D eigenvalue weighted by molar-refractivity contribution is 0.505. The third-order valence-corrected chi connectivity index (χ3v) is 5.34. The van der Waals surface area contributed by atoms with Crippen LogP contribution in [-0.4, -0.2) is 31.5 Å². The van der Waals surface area contributed by atoms with Crippen LogP contribution in [0.5, 0.6) is 0 Å². The zero-order valence-corrected chi connectivity index (χ0v) is 15.1. The molecule has 5 rings (SSSR count). The second-order valence-electron chi connectivity index (χ2n) is 7.00. The molecule has 0 amide bonds. The number of nitrogens with zero attached hydrogens (tertiary/aromatic N) is 4. The lowest BCUT2D eigenvalue weighted by Crippen LogP contribution is -2.34. The largest absolute Gasteiger partial charge is 0.342 e. The molecule has 6 nitrogen and oxygen atoms in total. The number of benzene rings is 1. The molecule has 1 unspecified atom stereocenters. The molecule has 2 N–H and O–H groups in total. The Bertz CT molecular complexity index is 1000. The number of H-pyrrole nitrogens is 2. The van der Waals surface area contributed by atoms with Gasteiger partial charge in [-0.3, -0.25) is 4.98 Å². The van der Waals surface area contributed by atoms with E-state index in [9.17, 15) is 0 Å². The highest BCUT2D eigenvalue weighted by molar-refractivity contribution is 5.74. The average molecular weight is 358 g/mol. The van der Waals surface area contributed by atoms with Crippen LogP contribution in [0.25, 0.3) is 11.0 Å². The van der Waals surface area contributed by atoms with E-state index in [2.05, 4.69) is 37.0 Å². The Morgan fingerprint density at radius 2 is 2.04 bits per heavy atom. The molecule has 0 bridgehead atoms. The van der Waals surface area contributed by atoms with Crippen molar-refractivity contribution in [1.29, 1.82) is 0 Å². The van der Waals surface area contributed by atoms with Gasteiger partial charge >= 0.3 is 0 Å². The minimum atomic E-state index is 0.290. The third-order valence-electron chi connectivity index (χ3n) is 5.34. The summed E-state index contributed by atoms with van der Waals surface area (Å²) in [4.78, 5) is 23.0. The van der Waals surface area contributed by atoms with Crippen molar-refractivity contribution in [1.82, 2.24) is 24.9 Å². The Morgan fingerprint density at radius 1 is 1.07 bits per heavy atom. The van der Waals surface area contributed by atoms with Crippen LogP contribution in [0.15, 0.2) is 55.0 Å². The van der Waals surface area contributed by atoms with Crippen LogP contribution in [0.4, 0.5) is 5.95 Å². The summed E-state index contributed by atoms with van der Waals surface area (Å²) >= 11 is 0. The Labute approximate surface area is 157 Å². The summed E-state index contributed by atoms with van der Waals surface area (Å²) in [6.45, 7) is 0.840. The van der Waals surface area contributed by atoms with E-state index in [4.69, 9.17) is 4.98 Å². The Kier molecular flexibility index (Phi) is 4.08. The molecule has 0 fully saturated rings. The van der Waals surface area contributed by atoms with Crippen molar-refractivity contribution in [2.75, 3.05) is 11.4 Å². The minimum Gasteiger partial charge on any atom is -0.342 e. The number of fused-ring (bicyclic) bond motifs is 2. The molecule has 0 saturated carbocycles. The Hall–Kier alpha value is -3.15. The zero-order valence-electron chi connectivity index (χ0n) is 15.1. The molecule has 1 aromatic carbocycles. The van der Waals surface area contributed by atoms with Gasteiger partial charge in [0.25, 0.3) is 0 Å². The van der Waals surface area contributed by atoms with Crippen molar-refractivity contribution in [3.63, 3.8) is 0 Å². The number of aromatic amines is 2. The lowest BCUT2D eigenvalue weighted by Gasteiger charge is -2.35. The third kappa shape index (κ3) is 3.07. The summed E-state index contributed by atoms with van der Waals surface area (Å²) < 4.78 is 0. The van der Waals surface area contributed by atoms with Gasteiger partial charge in [-0.1, -0.05) is 18.2 Å². The Morgan fingerprint density at radius 3 is 2.93 bits per heavy atom. The van der Waals surface area contributed by atoms with E-state index in [1.165, 1.54) is 11.3 Å². The van der Waals surface area contributed by atoms with Crippen molar-refractivity contribution < 1.29 is 0 Å². The van der Waals surface area contributed by atoms with Gasteiger partial charge in [-0.15, -0.1) is 0 Å². The monoisotopic (exact) mass is 358 g/mol. The van der Waals surface area contributed by atoms with E-state index >= 15 is 0 Å². The maximum Gasteiger partial charge on any atom is 0.203 e. The van der Waals surface area contributed by atoms with Gasteiger partial charge in [0.15, 0.2) is 0 Å². The van der Waals surface area contributed by atoms with Gasteiger partial charge in [0, 0.05) is 37.3 Å². The first-order valence-corrected chi connectivity index (χ1v) is 9.52.